The van der Waals surface area contributed by atoms with Gasteiger partial charge in [0.1, 0.15) is 11.5 Å². The highest BCUT2D eigenvalue weighted by Gasteiger charge is 2.24. The average Bonchev–Trinajstić information content (AvgIpc) is 3.63. The molecule has 1 saturated heterocycles. The van der Waals surface area contributed by atoms with Gasteiger partial charge in [0.05, 0.1) is 11.9 Å². The molecule has 4 rings (SSSR count). The van der Waals surface area contributed by atoms with Crippen LogP contribution < -0.4 is 19.7 Å². The number of pyridine rings is 2. The lowest BCUT2D eigenvalue weighted by atomic mass is 10.2. The Morgan fingerprint density at radius 1 is 1.12 bits per heavy atom. The summed E-state index contributed by atoms with van der Waals surface area (Å²) in [5.74, 6) is 0.597. The zero-order valence-corrected chi connectivity index (χ0v) is 18.9. The third-order valence-corrected chi connectivity index (χ3v) is 6.70. The Morgan fingerprint density at radius 3 is 2.56 bits per heavy atom. The van der Waals surface area contributed by atoms with E-state index in [2.05, 4.69) is 34.5 Å². The number of amides is 1. The Labute approximate surface area is 188 Å². The van der Waals surface area contributed by atoms with Gasteiger partial charge in [-0.3, -0.25) is 14.4 Å². The average molecular weight is 460 g/mol. The minimum Gasteiger partial charge on any atom is -0.368 e. The van der Waals surface area contributed by atoms with Crippen molar-refractivity contribution in [3.63, 3.8) is 0 Å². The predicted octanol–water partition coefficient (Wildman–Crippen LogP) is 0.815. The number of nitrogens with zero attached hydrogens (tertiary/aromatic N) is 4. The summed E-state index contributed by atoms with van der Waals surface area (Å²) in [6.07, 6.45) is 5.53. The summed E-state index contributed by atoms with van der Waals surface area (Å²) in [6, 6.07) is 7.35. The van der Waals surface area contributed by atoms with Crippen molar-refractivity contribution in [2.75, 3.05) is 49.4 Å². The molecule has 10 nitrogen and oxygen atoms in total. The van der Waals surface area contributed by atoms with Crippen LogP contribution in [0.2, 0.25) is 0 Å². The fraction of sp³-hybridized carbons (Fsp3) is 0.476. The maximum Gasteiger partial charge on any atom is 0.300 e. The highest BCUT2D eigenvalue weighted by molar-refractivity contribution is 7.90. The molecule has 2 aromatic rings. The summed E-state index contributed by atoms with van der Waals surface area (Å²) in [7, 11) is -2.01. The fourth-order valence-electron chi connectivity index (χ4n) is 3.61. The minimum atomic E-state index is -3.60. The van der Waals surface area contributed by atoms with Gasteiger partial charge in [-0.2, -0.15) is 13.1 Å². The van der Waals surface area contributed by atoms with Crippen LogP contribution in [0.3, 0.4) is 0 Å². The van der Waals surface area contributed by atoms with Gasteiger partial charge in [-0.15, -0.1) is 0 Å². The van der Waals surface area contributed by atoms with Gasteiger partial charge in [-0.05, 0) is 48.6 Å². The van der Waals surface area contributed by atoms with E-state index in [0.29, 0.717) is 30.5 Å². The normalized spacial score (nSPS) is 17.2. The molecule has 0 aromatic carbocycles. The van der Waals surface area contributed by atoms with Gasteiger partial charge < -0.3 is 10.2 Å². The zero-order chi connectivity index (χ0) is 22.6. The number of aromatic nitrogens is 2. The first-order valence-electron chi connectivity index (χ1n) is 10.8. The smallest absolute Gasteiger partial charge is 0.300 e. The lowest BCUT2D eigenvalue weighted by Gasteiger charge is -2.36. The highest BCUT2D eigenvalue weighted by atomic mass is 32.2. The largest absolute Gasteiger partial charge is 0.368 e. The number of rotatable bonds is 9. The fourth-order valence-corrected chi connectivity index (χ4v) is 4.52. The topological polar surface area (TPSA) is 120 Å². The van der Waals surface area contributed by atoms with E-state index >= 15 is 0 Å². The van der Waals surface area contributed by atoms with Crippen LogP contribution in [-0.4, -0.2) is 69.0 Å². The Kier molecular flexibility index (Phi) is 6.87. The molecule has 3 heterocycles. The van der Waals surface area contributed by atoms with Crippen molar-refractivity contribution in [3.8, 4) is 0 Å². The molecule has 2 fully saturated rings. The van der Waals surface area contributed by atoms with Crippen LogP contribution in [0.4, 0.5) is 11.5 Å². The molecule has 0 unspecified atom stereocenters. The van der Waals surface area contributed by atoms with E-state index in [9.17, 15) is 13.2 Å². The lowest BCUT2D eigenvalue weighted by molar-refractivity contribution is 0.0958. The van der Waals surface area contributed by atoms with E-state index in [1.807, 2.05) is 12.1 Å². The van der Waals surface area contributed by atoms with Crippen molar-refractivity contribution in [2.24, 2.45) is 5.92 Å². The maximum absolute atomic E-state index is 12.2. The molecule has 1 aliphatic heterocycles. The summed E-state index contributed by atoms with van der Waals surface area (Å²) in [5.41, 5.74) is 2.41. The minimum absolute atomic E-state index is 0.195. The second kappa shape index (κ2) is 9.80. The molecule has 2 aromatic heterocycles. The van der Waals surface area contributed by atoms with Crippen molar-refractivity contribution >= 4 is 27.6 Å². The second-order valence-corrected chi connectivity index (χ2v) is 9.69. The molecule has 0 radical (unpaired) electrons. The first kappa shape index (κ1) is 22.4. The van der Waals surface area contributed by atoms with Gasteiger partial charge in [0, 0.05) is 52.5 Å². The van der Waals surface area contributed by atoms with Crippen molar-refractivity contribution in [1.29, 1.82) is 0 Å². The van der Waals surface area contributed by atoms with Gasteiger partial charge in [0.2, 0.25) is 0 Å². The van der Waals surface area contributed by atoms with Gasteiger partial charge in [0.25, 0.3) is 16.1 Å². The lowest BCUT2D eigenvalue weighted by Crippen LogP contribution is -2.46. The van der Waals surface area contributed by atoms with Crippen LogP contribution in [0.15, 0.2) is 36.7 Å². The quantitative estimate of drug-likeness (QED) is 0.508. The molecular weight excluding hydrogens is 430 g/mol. The van der Waals surface area contributed by atoms with Gasteiger partial charge >= 0.3 is 0 Å². The van der Waals surface area contributed by atoms with Crippen LogP contribution >= 0.6 is 0 Å². The third-order valence-electron chi connectivity index (χ3n) is 5.67. The maximum atomic E-state index is 12.2. The van der Waals surface area contributed by atoms with Crippen molar-refractivity contribution in [3.05, 3.63) is 47.9 Å². The number of hydrogen-bond donors (Lipinski definition) is 3. The van der Waals surface area contributed by atoms with E-state index in [1.165, 1.54) is 0 Å². The zero-order valence-electron chi connectivity index (χ0n) is 18.1. The Morgan fingerprint density at radius 2 is 1.91 bits per heavy atom. The van der Waals surface area contributed by atoms with Crippen molar-refractivity contribution < 1.29 is 13.2 Å². The summed E-state index contributed by atoms with van der Waals surface area (Å²) in [4.78, 5) is 24.6. The number of carbonyl (C=O) groups excluding carboxylic acids is 1. The number of piperazine rings is 1. The molecule has 32 heavy (non-hydrogen) atoms. The summed E-state index contributed by atoms with van der Waals surface area (Å²) < 4.78 is 29.4. The van der Waals surface area contributed by atoms with Crippen molar-refractivity contribution in [1.82, 2.24) is 24.9 Å². The molecule has 11 heteroatoms. The van der Waals surface area contributed by atoms with Gasteiger partial charge in [0.15, 0.2) is 0 Å². The third kappa shape index (κ3) is 6.15. The molecule has 1 saturated carbocycles. The SMILES string of the molecule is CNC(=O)c1ccc(N2CCN(Cc3ccnc(NS(=O)(=O)NCC4CC4)c3)CC2)cn1. The second-order valence-electron chi connectivity index (χ2n) is 8.19. The number of nitrogens with one attached hydrogen (secondary N) is 3. The number of carbonyl (C=O) groups is 1. The monoisotopic (exact) mass is 459 g/mol. The molecule has 3 N–H and O–H groups in total. The van der Waals surface area contributed by atoms with E-state index in [4.69, 9.17) is 0 Å². The number of anilines is 2. The van der Waals surface area contributed by atoms with Crippen molar-refractivity contribution in [2.45, 2.75) is 19.4 Å². The Hall–Kier alpha value is -2.76. The first-order chi connectivity index (χ1) is 15.4. The summed E-state index contributed by atoms with van der Waals surface area (Å²) >= 11 is 0. The van der Waals surface area contributed by atoms with Gasteiger partial charge in [-0.1, -0.05) is 0 Å². The summed E-state index contributed by atoms with van der Waals surface area (Å²) in [6.45, 7) is 4.61. The molecule has 2 aliphatic rings. The highest BCUT2D eigenvalue weighted by Crippen LogP contribution is 2.27. The van der Waals surface area contributed by atoms with Crippen LogP contribution in [0, 0.1) is 5.92 Å². The number of hydrogen-bond acceptors (Lipinski definition) is 7. The summed E-state index contributed by atoms with van der Waals surface area (Å²) in [5, 5.41) is 2.57. The molecule has 172 valence electrons. The molecular formula is C21H29N7O3S. The molecule has 1 aliphatic carbocycles. The van der Waals surface area contributed by atoms with Crippen LogP contribution in [-0.2, 0) is 16.8 Å². The van der Waals surface area contributed by atoms with Crippen LogP contribution in [0.1, 0.15) is 28.9 Å². The molecule has 0 bridgehead atoms. The Balaban J connectivity index is 1.28. The molecule has 0 spiro atoms. The van der Waals surface area contributed by atoms with Crippen LogP contribution in [0.5, 0.6) is 0 Å². The van der Waals surface area contributed by atoms with E-state index in [0.717, 1.165) is 50.3 Å². The first-order valence-corrected chi connectivity index (χ1v) is 12.3. The van der Waals surface area contributed by atoms with Gasteiger partial charge in [-0.25, -0.2) is 9.97 Å². The van der Waals surface area contributed by atoms with E-state index < -0.39 is 10.2 Å². The molecule has 1 amide bonds. The Bertz CT molecular complexity index is 1030. The van der Waals surface area contributed by atoms with E-state index in [-0.39, 0.29) is 5.91 Å². The predicted molar refractivity (Wildman–Crippen MR) is 123 cm³/mol. The van der Waals surface area contributed by atoms with Crippen LogP contribution in [0.25, 0.3) is 0 Å². The van der Waals surface area contributed by atoms with E-state index in [1.54, 1.807) is 31.6 Å². The molecule has 0 atom stereocenters. The standard InChI is InChI=1S/C21H29N7O3S/c1-22-21(29)19-5-4-18(14-24-19)28-10-8-27(9-11-28)15-17-6-7-23-20(12-17)26-32(30,31)25-13-16-2-3-16/h4-7,12,14,16,25H,2-3,8-11,13,15H2,1H3,(H,22,29)(H,23,26).